The summed E-state index contributed by atoms with van der Waals surface area (Å²) in [5, 5.41) is 16.3. The van der Waals surface area contributed by atoms with Gasteiger partial charge in [0.2, 0.25) is 11.8 Å². The summed E-state index contributed by atoms with van der Waals surface area (Å²) in [5.41, 5.74) is 11.9. The normalized spacial score (nSPS) is 13.1. The van der Waals surface area contributed by atoms with Crippen LogP contribution in [-0.4, -0.2) is 28.5 Å². The maximum Gasteiger partial charge on any atom is 0.247 e. The van der Waals surface area contributed by atoms with Gasteiger partial charge >= 0.3 is 0 Å². The molecular weight excluding hydrogens is 516 g/mol. The number of hydrogen-bond acceptors (Lipinski definition) is 6. The maximum atomic E-state index is 12.8. The molecule has 0 unspecified atom stereocenters. The smallest absolute Gasteiger partial charge is 0.247 e. The first-order valence-electron chi connectivity index (χ1n) is 13.5. The lowest BCUT2D eigenvalue weighted by molar-refractivity contribution is -0.117. The molecule has 1 fully saturated rings. The molecule has 208 valence electrons. The number of nitrogens with zero attached hydrogens (tertiary/aromatic N) is 3. The fraction of sp³-hybridized carbons (Fsp3) is 0.250. The first kappa shape index (κ1) is 27.5. The highest BCUT2D eigenvalue weighted by Crippen LogP contribution is 2.45. The molecule has 0 saturated heterocycles. The number of anilines is 3. The molecule has 4 N–H and O–H groups in total. The van der Waals surface area contributed by atoms with Gasteiger partial charge in [0.25, 0.3) is 0 Å². The van der Waals surface area contributed by atoms with E-state index in [9.17, 15) is 14.9 Å². The number of pyridine rings is 1. The summed E-state index contributed by atoms with van der Waals surface area (Å²) in [7, 11) is 3.44. The van der Waals surface area contributed by atoms with E-state index in [-0.39, 0.29) is 11.8 Å². The van der Waals surface area contributed by atoms with Gasteiger partial charge < -0.3 is 25.7 Å². The highest BCUT2D eigenvalue weighted by molar-refractivity contribution is 6.11. The van der Waals surface area contributed by atoms with Crippen molar-refractivity contribution in [2.45, 2.75) is 32.1 Å². The number of rotatable bonds is 8. The molecule has 9 nitrogen and oxygen atoms in total. The van der Waals surface area contributed by atoms with E-state index < -0.39 is 0 Å². The number of carbonyl (C=O) groups excluding carboxylic acids is 2. The number of nitrogen functional groups attached to an aromatic ring is 1. The minimum absolute atomic E-state index is 0.0236. The molecule has 2 aromatic carbocycles. The summed E-state index contributed by atoms with van der Waals surface area (Å²) in [6.45, 7) is 3.49. The van der Waals surface area contributed by atoms with Crippen LogP contribution in [0.25, 0.3) is 33.3 Å². The Labute approximate surface area is 238 Å². The largest absolute Gasteiger partial charge is 0.495 e. The minimum Gasteiger partial charge on any atom is -0.495 e. The molecule has 41 heavy (non-hydrogen) atoms. The topological polar surface area (TPSA) is 135 Å². The van der Waals surface area contributed by atoms with Gasteiger partial charge in [0, 0.05) is 30.9 Å². The summed E-state index contributed by atoms with van der Waals surface area (Å²) >= 11 is 0. The van der Waals surface area contributed by atoms with Crippen LogP contribution in [0.3, 0.4) is 0 Å². The molecule has 1 saturated carbocycles. The lowest BCUT2D eigenvalue weighted by atomic mass is 9.97. The molecule has 1 aliphatic carbocycles. The summed E-state index contributed by atoms with van der Waals surface area (Å²) < 4.78 is 7.65. The fourth-order valence-corrected chi connectivity index (χ4v) is 5.74. The zero-order valence-corrected chi connectivity index (χ0v) is 23.2. The number of nitriles is 1. The Hall–Kier alpha value is -5.10. The van der Waals surface area contributed by atoms with Crippen LogP contribution in [0.5, 0.6) is 5.75 Å². The van der Waals surface area contributed by atoms with Crippen molar-refractivity contribution < 1.29 is 14.3 Å². The Bertz CT molecular complexity index is 1690. The molecule has 2 amide bonds. The molecule has 2 heterocycles. The van der Waals surface area contributed by atoms with E-state index in [1.165, 1.54) is 25.1 Å². The van der Waals surface area contributed by atoms with Crippen LogP contribution in [0.1, 0.15) is 37.7 Å². The number of nitrogens with one attached hydrogen (secondary N) is 2. The van der Waals surface area contributed by atoms with Crippen molar-refractivity contribution in [3.63, 3.8) is 0 Å². The quantitative estimate of drug-likeness (QED) is 0.231. The van der Waals surface area contributed by atoms with Gasteiger partial charge in [0.05, 0.1) is 35.0 Å². The number of aryl methyl sites for hydroxylation is 1. The van der Waals surface area contributed by atoms with Crippen LogP contribution in [-0.2, 0) is 16.6 Å². The third kappa shape index (κ3) is 5.37. The van der Waals surface area contributed by atoms with E-state index in [0.717, 1.165) is 35.2 Å². The number of hydrogen-bond donors (Lipinski definition) is 3. The van der Waals surface area contributed by atoms with Gasteiger partial charge in [-0.15, -0.1) is 0 Å². The van der Waals surface area contributed by atoms with Gasteiger partial charge in [-0.25, -0.2) is 4.98 Å². The molecule has 2 aromatic heterocycles. The zero-order valence-electron chi connectivity index (χ0n) is 23.2. The average Bonchev–Trinajstić information content (AvgIpc) is 3.60. The van der Waals surface area contributed by atoms with Crippen LogP contribution >= 0.6 is 0 Å². The molecular formula is C32H32N6O3. The number of fused-ring (bicyclic) bond motifs is 1. The van der Waals surface area contributed by atoms with E-state index in [0.29, 0.717) is 51.7 Å². The average molecular weight is 549 g/mol. The Kier molecular flexibility index (Phi) is 7.74. The van der Waals surface area contributed by atoms with E-state index in [2.05, 4.69) is 28.3 Å². The van der Waals surface area contributed by atoms with E-state index in [1.807, 2.05) is 41.9 Å². The van der Waals surface area contributed by atoms with Crippen molar-refractivity contribution in [3.05, 3.63) is 66.9 Å². The monoisotopic (exact) mass is 548 g/mol. The lowest BCUT2D eigenvalue weighted by Crippen LogP contribution is -2.15. The number of nitrogens with two attached hydrogens (primary N) is 1. The van der Waals surface area contributed by atoms with Crippen LogP contribution in [0.4, 0.5) is 17.2 Å². The summed E-state index contributed by atoms with van der Waals surface area (Å²) in [6.07, 6.45) is 7.74. The molecule has 1 aliphatic rings. The Morgan fingerprint density at radius 1 is 1.17 bits per heavy atom. The molecule has 5 rings (SSSR count). The number of amides is 2. The van der Waals surface area contributed by atoms with Crippen LogP contribution in [0.15, 0.2) is 61.3 Å². The summed E-state index contributed by atoms with van der Waals surface area (Å²) in [6, 6.07) is 15.2. The minimum atomic E-state index is -0.303. The van der Waals surface area contributed by atoms with Crippen LogP contribution < -0.4 is 21.1 Å². The summed E-state index contributed by atoms with van der Waals surface area (Å²) in [5.74, 6) is 0.904. The maximum absolute atomic E-state index is 12.8. The van der Waals surface area contributed by atoms with Crippen molar-refractivity contribution >= 4 is 39.9 Å². The third-order valence-corrected chi connectivity index (χ3v) is 7.68. The van der Waals surface area contributed by atoms with Crippen molar-refractivity contribution in [3.8, 4) is 34.2 Å². The second kappa shape index (κ2) is 11.6. The predicted molar refractivity (Wildman–Crippen MR) is 161 cm³/mol. The molecule has 0 bridgehead atoms. The van der Waals surface area contributed by atoms with Gasteiger partial charge in [0.1, 0.15) is 17.6 Å². The van der Waals surface area contributed by atoms with E-state index in [4.69, 9.17) is 10.5 Å². The predicted octanol–water partition coefficient (Wildman–Crippen LogP) is 6.01. The van der Waals surface area contributed by atoms with Gasteiger partial charge in [-0.3, -0.25) is 9.59 Å². The third-order valence-electron chi connectivity index (χ3n) is 7.68. The van der Waals surface area contributed by atoms with E-state index >= 15 is 0 Å². The van der Waals surface area contributed by atoms with Crippen molar-refractivity contribution in [1.29, 1.82) is 5.26 Å². The molecule has 9 heteroatoms. The summed E-state index contributed by atoms with van der Waals surface area (Å²) in [4.78, 5) is 28.9. The molecule has 0 aliphatic heterocycles. The molecule has 0 atom stereocenters. The number of carbonyl (C=O) groups is 2. The number of benzene rings is 2. The first-order valence-corrected chi connectivity index (χ1v) is 13.5. The Balaban J connectivity index is 1.62. The van der Waals surface area contributed by atoms with Crippen LogP contribution in [0, 0.1) is 17.2 Å². The standard InChI is InChI=1S/C32H32N6O3/c1-4-26(39)36-23-12-9-20(10-13-23)30-28(29-31(38(30)2)22(17-33)18-35-32(29)34)21-11-14-24(25(16-21)41-3)37-27(40)15-19-7-5-6-8-19/h4,9-14,16,18-19H,1,5-8,15H2,2-3H3,(H2,34,35)(H,36,39)(H,37,40). The molecule has 4 aromatic rings. The number of methoxy groups -OCH3 is 1. The van der Waals surface area contributed by atoms with Crippen molar-refractivity contribution in [1.82, 2.24) is 9.55 Å². The highest BCUT2D eigenvalue weighted by atomic mass is 16.5. The zero-order chi connectivity index (χ0) is 29.1. The van der Waals surface area contributed by atoms with Crippen LogP contribution in [0.2, 0.25) is 0 Å². The number of aromatic nitrogens is 2. The van der Waals surface area contributed by atoms with Gasteiger partial charge in [-0.1, -0.05) is 37.6 Å². The second-order valence-corrected chi connectivity index (χ2v) is 10.3. The lowest BCUT2D eigenvalue weighted by Gasteiger charge is -2.15. The SMILES string of the molecule is C=CC(=O)Nc1ccc(-c2c(-c3ccc(NC(=O)CC4CCCC4)c(OC)c3)c3c(N)ncc(C#N)c3n2C)cc1. The van der Waals surface area contributed by atoms with E-state index in [1.54, 1.807) is 19.2 Å². The molecule has 0 radical (unpaired) electrons. The van der Waals surface area contributed by atoms with Gasteiger partial charge in [-0.2, -0.15) is 5.26 Å². The number of ether oxygens (including phenoxy) is 1. The fourth-order valence-electron chi connectivity index (χ4n) is 5.74. The van der Waals surface area contributed by atoms with Gasteiger partial charge in [0.15, 0.2) is 0 Å². The molecule has 0 spiro atoms. The van der Waals surface area contributed by atoms with Crippen molar-refractivity contribution in [2.24, 2.45) is 13.0 Å². The highest BCUT2D eigenvalue weighted by Gasteiger charge is 2.25. The first-order chi connectivity index (χ1) is 19.8. The van der Waals surface area contributed by atoms with Crippen molar-refractivity contribution in [2.75, 3.05) is 23.5 Å². The van der Waals surface area contributed by atoms with Gasteiger partial charge in [-0.05, 0) is 60.2 Å². The second-order valence-electron chi connectivity index (χ2n) is 10.3. The Morgan fingerprint density at radius 3 is 2.54 bits per heavy atom. The Morgan fingerprint density at radius 2 is 1.88 bits per heavy atom.